The molecule has 0 aliphatic carbocycles. The monoisotopic (exact) mass is 613 g/mol. The van der Waals surface area contributed by atoms with Gasteiger partial charge in [-0.3, -0.25) is 14.5 Å². The van der Waals surface area contributed by atoms with Crippen molar-refractivity contribution in [2.75, 3.05) is 106 Å². The number of fused-ring (bicyclic) bond motifs is 1. The van der Waals surface area contributed by atoms with Crippen LogP contribution in [0.5, 0.6) is 0 Å². The molecular weight excluding hydrogens is 562 g/mol. The molecule has 1 aliphatic heterocycles. The number of benzene rings is 1. The van der Waals surface area contributed by atoms with Crippen LogP contribution < -0.4 is 0 Å². The Hall–Kier alpha value is -1.74. The van der Waals surface area contributed by atoms with Gasteiger partial charge in [0.1, 0.15) is 0 Å². The number of ether oxygens (including phenoxy) is 7. The number of nitrogens with zero attached hydrogens (tertiary/aromatic N) is 1. The van der Waals surface area contributed by atoms with Crippen LogP contribution in [-0.2, 0) is 37.6 Å². The zero-order valence-electron chi connectivity index (χ0n) is 26.2. The number of carbonyl (C=O) groups excluding carboxylic acids is 2. The van der Waals surface area contributed by atoms with Crippen molar-refractivity contribution >= 4 is 20.1 Å². The van der Waals surface area contributed by atoms with E-state index >= 15 is 0 Å². The van der Waals surface area contributed by atoms with Crippen LogP contribution in [0, 0.1) is 0 Å². The minimum Gasteiger partial charge on any atom is -0.414 e. The smallest absolute Gasteiger partial charge is 0.261 e. The Labute approximate surface area is 252 Å². The Morgan fingerprint density at radius 2 is 0.857 bits per heavy atom. The lowest BCUT2D eigenvalue weighted by atomic mass is 10.1. The van der Waals surface area contributed by atoms with Gasteiger partial charge in [-0.15, -0.1) is 0 Å². The standard InChI is InChI=1S/C30H51NO10Si/c1-30(2,3)42(4,5)41-25-24-40-23-22-39-21-20-38-19-18-37-17-16-36-15-14-35-13-12-34-11-10-31-28(32)26-8-6-7-9-27(26)29(31)33/h6-9H,10-25H2,1-5H3. The Bertz CT molecular complexity index is 873. The molecule has 0 bridgehead atoms. The molecule has 0 N–H and O–H groups in total. The number of amides is 2. The van der Waals surface area contributed by atoms with Gasteiger partial charge < -0.3 is 37.6 Å². The van der Waals surface area contributed by atoms with E-state index in [1.54, 1.807) is 24.3 Å². The van der Waals surface area contributed by atoms with Gasteiger partial charge in [-0.25, -0.2) is 0 Å². The highest BCUT2D eigenvalue weighted by atomic mass is 28.4. The molecule has 1 heterocycles. The average Bonchev–Trinajstić information content (AvgIpc) is 3.19. The second-order valence-electron chi connectivity index (χ2n) is 11.2. The van der Waals surface area contributed by atoms with Crippen LogP contribution in [0.2, 0.25) is 18.1 Å². The van der Waals surface area contributed by atoms with Crippen molar-refractivity contribution in [2.45, 2.75) is 38.9 Å². The lowest BCUT2D eigenvalue weighted by Crippen LogP contribution is -2.41. The van der Waals surface area contributed by atoms with E-state index in [0.29, 0.717) is 104 Å². The summed E-state index contributed by atoms with van der Waals surface area (Å²) >= 11 is 0. The molecule has 12 heteroatoms. The molecule has 0 saturated carbocycles. The van der Waals surface area contributed by atoms with Gasteiger partial charge in [0.05, 0.1) is 117 Å². The summed E-state index contributed by atoms with van der Waals surface area (Å²) in [6, 6.07) is 6.83. The fourth-order valence-corrected chi connectivity index (χ4v) is 4.62. The maximum Gasteiger partial charge on any atom is 0.261 e. The molecule has 0 aromatic heterocycles. The molecule has 240 valence electrons. The highest BCUT2D eigenvalue weighted by Crippen LogP contribution is 2.36. The van der Waals surface area contributed by atoms with E-state index in [4.69, 9.17) is 37.6 Å². The van der Waals surface area contributed by atoms with E-state index in [9.17, 15) is 9.59 Å². The predicted molar refractivity (Wildman–Crippen MR) is 161 cm³/mol. The molecule has 0 fully saturated rings. The topological polar surface area (TPSA) is 111 Å². The number of rotatable bonds is 25. The van der Waals surface area contributed by atoms with Crippen molar-refractivity contribution in [1.29, 1.82) is 0 Å². The third-order valence-corrected chi connectivity index (χ3v) is 11.6. The van der Waals surface area contributed by atoms with Crippen LogP contribution >= 0.6 is 0 Å². The van der Waals surface area contributed by atoms with E-state index in [1.807, 2.05) is 0 Å². The molecule has 11 nitrogen and oxygen atoms in total. The third-order valence-electron chi connectivity index (χ3n) is 7.07. The summed E-state index contributed by atoms with van der Waals surface area (Å²) in [4.78, 5) is 25.8. The lowest BCUT2D eigenvalue weighted by Gasteiger charge is -2.36. The van der Waals surface area contributed by atoms with E-state index in [1.165, 1.54) is 4.90 Å². The summed E-state index contributed by atoms with van der Waals surface area (Å²) in [5, 5.41) is 0.211. The summed E-state index contributed by atoms with van der Waals surface area (Å²) in [7, 11) is -1.70. The molecule has 2 rings (SSSR count). The first-order valence-electron chi connectivity index (χ1n) is 14.8. The van der Waals surface area contributed by atoms with Gasteiger partial charge >= 0.3 is 0 Å². The molecule has 42 heavy (non-hydrogen) atoms. The van der Waals surface area contributed by atoms with Crippen LogP contribution in [0.4, 0.5) is 0 Å². The van der Waals surface area contributed by atoms with Gasteiger partial charge in [-0.2, -0.15) is 0 Å². The van der Waals surface area contributed by atoms with Gasteiger partial charge in [0, 0.05) is 0 Å². The summed E-state index contributed by atoms with van der Waals surface area (Å²) in [5.74, 6) is -0.545. The first kappa shape index (κ1) is 36.4. The average molecular weight is 614 g/mol. The second kappa shape index (κ2) is 20.3. The Kier molecular flexibility index (Phi) is 17.6. The maximum atomic E-state index is 12.3. The summed E-state index contributed by atoms with van der Waals surface area (Å²) < 4.78 is 44.5. The summed E-state index contributed by atoms with van der Waals surface area (Å²) in [5.41, 5.74) is 0.893. The molecule has 0 radical (unpaired) electrons. The van der Waals surface area contributed by atoms with Crippen LogP contribution in [0.3, 0.4) is 0 Å². The molecule has 1 aromatic rings. The van der Waals surface area contributed by atoms with E-state index in [-0.39, 0.29) is 30.0 Å². The Morgan fingerprint density at radius 1 is 0.548 bits per heavy atom. The van der Waals surface area contributed by atoms with Crippen LogP contribution in [0.15, 0.2) is 24.3 Å². The molecule has 0 saturated heterocycles. The number of imide groups is 1. The number of carbonyl (C=O) groups is 2. The Balaban J connectivity index is 1.25. The predicted octanol–water partition coefficient (Wildman–Crippen LogP) is 3.42. The van der Waals surface area contributed by atoms with Crippen LogP contribution in [-0.4, -0.2) is 131 Å². The van der Waals surface area contributed by atoms with Crippen LogP contribution in [0.1, 0.15) is 41.5 Å². The Morgan fingerprint density at radius 3 is 1.19 bits per heavy atom. The van der Waals surface area contributed by atoms with Crippen molar-refractivity contribution < 1.29 is 47.2 Å². The normalized spacial score (nSPS) is 13.8. The first-order valence-corrected chi connectivity index (χ1v) is 17.7. The molecule has 0 spiro atoms. The van der Waals surface area contributed by atoms with Gasteiger partial charge in [-0.1, -0.05) is 32.9 Å². The molecule has 1 aliphatic rings. The highest BCUT2D eigenvalue weighted by molar-refractivity contribution is 6.74. The van der Waals surface area contributed by atoms with Crippen molar-refractivity contribution in [2.24, 2.45) is 0 Å². The highest BCUT2D eigenvalue weighted by Gasteiger charge is 2.37. The molecule has 0 atom stereocenters. The zero-order valence-corrected chi connectivity index (χ0v) is 27.2. The number of hydrogen-bond donors (Lipinski definition) is 0. The fourth-order valence-electron chi connectivity index (χ4n) is 3.59. The maximum absolute atomic E-state index is 12.3. The van der Waals surface area contributed by atoms with Crippen molar-refractivity contribution in [3.05, 3.63) is 35.4 Å². The minimum atomic E-state index is -1.70. The summed E-state index contributed by atoms with van der Waals surface area (Å²) in [6.45, 7) is 18.6. The first-order chi connectivity index (χ1) is 20.1. The quantitative estimate of drug-likeness (QED) is 0.0924. The molecule has 0 unspecified atom stereocenters. The van der Waals surface area contributed by atoms with Crippen molar-refractivity contribution in [1.82, 2.24) is 4.90 Å². The zero-order chi connectivity index (χ0) is 30.7. The molecule has 2 amide bonds. The van der Waals surface area contributed by atoms with Gasteiger partial charge in [0.2, 0.25) is 0 Å². The third kappa shape index (κ3) is 13.7. The largest absolute Gasteiger partial charge is 0.414 e. The van der Waals surface area contributed by atoms with E-state index < -0.39 is 8.32 Å². The lowest BCUT2D eigenvalue weighted by molar-refractivity contribution is -0.0216. The SMILES string of the molecule is CC(C)(C)[Si](C)(C)OCCOCCOCCOCCOCCOCCOCCOCCN1C(=O)c2ccccc2C1=O. The molecule has 1 aromatic carbocycles. The van der Waals surface area contributed by atoms with Crippen molar-refractivity contribution in [3.8, 4) is 0 Å². The minimum absolute atomic E-state index is 0.211. The number of hydrogen-bond acceptors (Lipinski definition) is 10. The van der Waals surface area contributed by atoms with E-state index in [0.717, 1.165) is 0 Å². The van der Waals surface area contributed by atoms with Gasteiger partial charge in [-0.05, 0) is 30.3 Å². The second-order valence-corrected chi connectivity index (χ2v) is 16.0. The summed E-state index contributed by atoms with van der Waals surface area (Å²) in [6.07, 6.45) is 0. The van der Waals surface area contributed by atoms with E-state index in [2.05, 4.69) is 33.9 Å². The van der Waals surface area contributed by atoms with Crippen molar-refractivity contribution in [3.63, 3.8) is 0 Å². The van der Waals surface area contributed by atoms with Gasteiger partial charge in [0.15, 0.2) is 8.32 Å². The molecular formula is C30H51NO10Si. The fraction of sp³-hybridized carbons (Fsp3) is 0.733. The van der Waals surface area contributed by atoms with Crippen LogP contribution in [0.25, 0.3) is 0 Å². The van der Waals surface area contributed by atoms with Gasteiger partial charge in [0.25, 0.3) is 11.8 Å².